The van der Waals surface area contributed by atoms with Gasteiger partial charge in [0.1, 0.15) is 5.54 Å². The van der Waals surface area contributed by atoms with Crippen molar-refractivity contribution in [1.29, 1.82) is 0 Å². The summed E-state index contributed by atoms with van der Waals surface area (Å²) in [5, 5.41) is 0. The Balaban J connectivity index is 1.23. The molecule has 1 spiro atoms. The van der Waals surface area contributed by atoms with E-state index in [1.807, 2.05) is 61.3 Å². The molecule has 0 saturated carbocycles. The monoisotopic (exact) mass is 407 g/mol. The van der Waals surface area contributed by atoms with Gasteiger partial charge in [-0.3, -0.25) is 4.79 Å². The predicted molar refractivity (Wildman–Crippen MR) is 116 cm³/mol. The average Bonchev–Trinajstić information content (AvgIpc) is 3.23. The first kappa shape index (κ1) is 19.2. The number of piperidine rings is 1. The van der Waals surface area contributed by atoms with Crippen molar-refractivity contribution >= 4 is 11.6 Å². The van der Waals surface area contributed by atoms with Crippen LogP contribution in [0.3, 0.4) is 0 Å². The molecule has 3 heterocycles. The molecule has 30 heavy (non-hydrogen) atoms. The van der Waals surface area contributed by atoms with E-state index in [-0.39, 0.29) is 5.91 Å². The van der Waals surface area contributed by atoms with Gasteiger partial charge in [0, 0.05) is 45.7 Å². The van der Waals surface area contributed by atoms with Crippen LogP contribution in [-0.4, -0.2) is 60.4 Å². The van der Waals surface area contributed by atoms with E-state index in [0.717, 1.165) is 56.1 Å². The maximum atomic E-state index is 13.1. The summed E-state index contributed by atoms with van der Waals surface area (Å²) in [5.74, 6) is 1.25. The molecular formula is C24H29N3O3. The van der Waals surface area contributed by atoms with Crippen LogP contribution in [0.15, 0.2) is 54.6 Å². The summed E-state index contributed by atoms with van der Waals surface area (Å²) in [6.07, 6.45) is 2.46. The van der Waals surface area contributed by atoms with E-state index in [1.54, 1.807) is 0 Å². The van der Waals surface area contributed by atoms with Crippen LogP contribution >= 0.6 is 0 Å². The summed E-state index contributed by atoms with van der Waals surface area (Å²) < 4.78 is 12.1. The molecule has 3 aliphatic rings. The first-order valence-corrected chi connectivity index (χ1v) is 10.8. The zero-order valence-corrected chi connectivity index (χ0v) is 17.7. The molecule has 3 aliphatic heterocycles. The summed E-state index contributed by atoms with van der Waals surface area (Å²) in [6, 6.07) is 18.1. The molecule has 0 radical (unpaired) electrons. The SMILES string of the molecule is CN1CN(c2ccccc2)C2(CCN(CCC3(C)Oc4ccccc4O3)CC2)C1=O. The molecule has 0 aromatic heterocycles. The molecule has 2 saturated heterocycles. The van der Waals surface area contributed by atoms with Crippen molar-refractivity contribution in [3.8, 4) is 11.5 Å². The lowest BCUT2D eigenvalue weighted by molar-refractivity contribution is -0.132. The van der Waals surface area contributed by atoms with E-state index in [4.69, 9.17) is 9.47 Å². The number of rotatable bonds is 4. The minimum Gasteiger partial charge on any atom is -0.449 e. The highest BCUT2D eigenvalue weighted by atomic mass is 16.7. The van der Waals surface area contributed by atoms with Crippen molar-refractivity contribution in [3.63, 3.8) is 0 Å². The molecule has 0 aliphatic carbocycles. The first-order valence-electron chi connectivity index (χ1n) is 10.8. The molecule has 2 aromatic rings. The summed E-state index contributed by atoms with van der Waals surface area (Å²) in [6.45, 7) is 5.33. The molecule has 158 valence electrons. The number of amides is 1. The van der Waals surface area contributed by atoms with Crippen molar-refractivity contribution in [2.45, 2.75) is 37.5 Å². The second-order valence-corrected chi connectivity index (χ2v) is 8.82. The van der Waals surface area contributed by atoms with E-state index < -0.39 is 11.3 Å². The Morgan fingerprint density at radius 3 is 2.17 bits per heavy atom. The number of fused-ring (bicyclic) bond motifs is 1. The second kappa shape index (κ2) is 7.20. The van der Waals surface area contributed by atoms with Gasteiger partial charge < -0.3 is 24.2 Å². The van der Waals surface area contributed by atoms with Crippen LogP contribution < -0.4 is 14.4 Å². The largest absolute Gasteiger partial charge is 0.449 e. The zero-order chi connectivity index (χ0) is 20.8. The molecule has 2 aromatic carbocycles. The highest BCUT2D eigenvalue weighted by Gasteiger charge is 2.52. The van der Waals surface area contributed by atoms with Crippen LogP contribution in [0.1, 0.15) is 26.2 Å². The number of anilines is 1. The summed E-state index contributed by atoms with van der Waals surface area (Å²) in [7, 11) is 1.91. The Morgan fingerprint density at radius 1 is 0.933 bits per heavy atom. The van der Waals surface area contributed by atoms with Gasteiger partial charge in [-0.2, -0.15) is 0 Å². The quantitative estimate of drug-likeness (QED) is 0.778. The Labute approximate surface area is 178 Å². The third-order valence-electron chi connectivity index (χ3n) is 6.75. The predicted octanol–water partition coefficient (Wildman–Crippen LogP) is 3.33. The lowest BCUT2D eigenvalue weighted by atomic mass is 9.85. The molecule has 6 heteroatoms. The fourth-order valence-electron chi connectivity index (χ4n) is 5.02. The van der Waals surface area contributed by atoms with Gasteiger partial charge >= 0.3 is 0 Å². The van der Waals surface area contributed by atoms with Crippen LogP contribution in [0.5, 0.6) is 11.5 Å². The molecule has 0 bridgehead atoms. The van der Waals surface area contributed by atoms with Crippen molar-refractivity contribution < 1.29 is 14.3 Å². The number of carbonyl (C=O) groups excluding carboxylic acids is 1. The Hall–Kier alpha value is -2.73. The van der Waals surface area contributed by atoms with Crippen molar-refractivity contribution in [2.24, 2.45) is 0 Å². The molecule has 0 N–H and O–H groups in total. The molecule has 0 atom stereocenters. The van der Waals surface area contributed by atoms with Crippen molar-refractivity contribution in [3.05, 3.63) is 54.6 Å². The summed E-state index contributed by atoms with van der Waals surface area (Å²) in [5.41, 5.74) is 0.703. The van der Waals surface area contributed by atoms with Crippen LogP contribution in [0.2, 0.25) is 0 Å². The second-order valence-electron chi connectivity index (χ2n) is 8.82. The number of nitrogens with zero attached hydrogens (tertiary/aromatic N) is 3. The normalized spacial score (nSPS) is 22.1. The minimum absolute atomic E-state index is 0.246. The fourth-order valence-corrected chi connectivity index (χ4v) is 5.02. The van der Waals surface area contributed by atoms with Gasteiger partial charge in [-0.1, -0.05) is 30.3 Å². The van der Waals surface area contributed by atoms with Crippen LogP contribution in [0, 0.1) is 0 Å². The first-order chi connectivity index (χ1) is 14.5. The van der Waals surface area contributed by atoms with Gasteiger partial charge in [0.25, 0.3) is 0 Å². The highest BCUT2D eigenvalue weighted by Crippen LogP contribution is 2.41. The number of hydrogen-bond acceptors (Lipinski definition) is 5. The molecule has 6 nitrogen and oxygen atoms in total. The minimum atomic E-state index is -0.627. The van der Waals surface area contributed by atoms with Crippen LogP contribution in [-0.2, 0) is 4.79 Å². The van der Waals surface area contributed by atoms with E-state index in [2.05, 4.69) is 21.9 Å². The third kappa shape index (κ3) is 3.19. The van der Waals surface area contributed by atoms with Gasteiger partial charge in [0.05, 0.1) is 6.67 Å². The highest BCUT2D eigenvalue weighted by molar-refractivity contribution is 5.93. The van der Waals surface area contributed by atoms with Gasteiger partial charge in [0.2, 0.25) is 11.7 Å². The Bertz CT molecular complexity index is 899. The third-order valence-corrected chi connectivity index (χ3v) is 6.75. The molecule has 1 amide bonds. The van der Waals surface area contributed by atoms with E-state index in [1.165, 1.54) is 0 Å². The number of likely N-dealkylation sites (N-methyl/N-ethyl adjacent to an activating group) is 1. The van der Waals surface area contributed by atoms with Gasteiger partial charge in [-0.25, -0.2) is 0 Å². The summed E-state index contributed by atoms with van der Waals surface area (Å²) >= 11 is 0. The smallest absolute Gasteiger partial charge is 0.250 e. The van der Waals surface area contributed by atoms with E-state index in [9.17, 15) is 4.79 Å². The standard InChI is InChI=1S/C24H29N3O3/c1-23(29-20-10-6-7-11-21(20)30-23)12-15-26-16-13-24(14-17-26)22(28)25(2)18-27(24)19-8-4-3-5-9-19/h3-11H,12-18H2,1-2H3. The molecular weight excluding hydrogens is 378 g/mol. The fraction of sp³-hybridized carbons (Fsp3) is 0.458. The number of likely N-dealkylation sites (tertiary alicyclic amines) is 1. The van der Waals surface area contributed by atoms with Crippen molar-refractivity contribution in [1.82, 2.24) is 9.80 Å². The molecule has 0 unspecified atom stereocenters. The number of hydrogen-bond donors (Lipinski definition) is 0. The number of carbonyl (C=O) groups is 1. The van der Waals surface area contributed by atoms with Gasteiger partial charge in [0.15, 0.2) is 11.5 Å². The molecule has 2 fully saturated rings. The van der Waals surface area contributed by atoms with Gasteiger partial charge in [-0.05, 0) is 37.1 Å². The Kier molecular flexibility index (Phi) is 4.62. The van der Waals surface area contributed by atoms with Crippen LogP contribution in [0.25, 0.3) is 0 Å². The number of benzene rings is 2. The number of para-hydroxylation sites is 3. The van der Waals surface area contributed by atoms with E-state index in [0.29, 0.717) is 6.67 Å². The lowest BCUT2D eigenvalue weighted by Gasteiger charge is -2.43. The zero-order valence-electron chi connectivity index (χ0n) is 17.7. The summed E-state index contributed by atoms with van der Waals surface area (Å²) in [4.78, 5) is 19.7. The lowest BCUT2D eigenvalue weighted by Crippen LogP contribution is -2.56. The number of ether oxygens (including phenoxy) is 2. The van der Waals surface area contributed by atoms with Crippen molar-refractivity contribution in [2.75, 3.05) is 38.3 Å². The van der Waals surface area contributed by atoms with Crippen LogP contribution in [0.4, 0.5) is 5.69 Å². The maximum Gasteiger partial charge on any atom is 0.250 e. The average molecular weight is 408 g/mol. The van der Waals surface area contributed by atoms with Gasteiger partial charge in [-0.15, -0.1) is 0 Å². The molecule has 5 rings (SSSR count). The van der Waals surface area contributed by atoms with E-state index >= 15 is 0 Å². The Morgan fingerprint density at radius 2 is 1.53 bits per heavy atom. The topological polar surface area (TPSA) is 45.2 Å². The maximum absolute atomic E-state index is 13.1.